The van der Waals surface area contributed by atoms with Crippen LogP contribution in [0.15, 0.2) is 59.7 Å². The van der Waals surface area contributed by atoms with Crippen LogP contribution < -0.4 is 10.2 Å². The molecule has 0 aliphatic heterocycles. The third-order valence-corrected chi connectivity index (χ3v) is 3.63. The molecule has 1 N–H and O–H groups in total. The fraction of sp³-hybridized carbons (Fsp3) is 0.263. The van der Waals surface area contributed by atoms with Gasteiger partial charge in [0.2, 0.25) is 0 Å². The van der Waals surface area contributed by atoms with E-state index in [1.165, 1.54) is 5.56 Å². The molecular formula is C19H22N2O2. The SMILES string of the molecule is CC[C@@H](C)c1ccc(OCC(=O)N/N=C\c2ccccc2)cc1. The second-order valence-corrected chi connectivity index (χ2v) is 5.37. The predicted octanol–water partition coefficient (Wildman–Crippen LogP) is 3.73. The Hall–Kier alpha value is -2.62. The number of carbonyl (C=O) groups is 1. The van der Waals surface area contributed by atoms with Gasteiger partial charge in [-0.1, -0.05) is 56.3 Å². The zero-order valence-electron chi connectivity index (χ0n) is 13.5. The summed E-state index contributed by atoms with van der Waals surface area (Å²) in [7, 11) is 0. The highest BCUT2D eigenvalue weighted by molar-refractivity contribution is 5.82. The van der Waals surface area contributed by atoms with E-state index in [1.807, 2.05) is 54.6 Å². The molecule has 2 rings (SSSR count). The van der Waals surface area contributed by atoms with Crippen LogP contribution in [0, 0.1) is 0 Å². The van der Waals surface area contributed by atoms with E-state index in [9.17, 15) is 4.79 Å². The second-order valence-electron chi connectivity index (χ2n) is 5.37. The van der Waals surface area contributed by atoms with Gasteiger partial charge in [0.05, 0.1) is 6.21 Å². The van der Waals surface area contributed by atoms with Gasteiger partial charge in [-0.2, -0.15) is 5.10 Å². The first-order valence-corrected chi connectivity index (χ1v) is 7.78. The van der Waals surface area contributed by atoms with Crippen LogP contribution in [0.2, 0.25) is 0 Å². The van der Waals surface area contributed by atoms with Crippen LogP contribution >= 0.6 is 0 Å². The Bertz CT molecular complexity index is 636. The Morgan fingerprint density at radius 2 is 1.87 bits per heavy atom. The molecule has 0 unspecified atom stereocenters. The van der Waals surface area contributed by atoms with Crippen LogP contribution in [0.25, 0.3) is 0 Å². The highest BCUT2D eigenvalue weighted by Gasteiger charge is 2.04. The van der Waals surface area contributed by atoms with Crippen molar-refractivity contribution in [3.05, 3.63) is 65.7 Å². The van der Waals surface area contributed by atoms with Crippen molar-refractivity contribution in [2.45, 2.75) is 26.2 Å². The van der Waals surface area contributed by atoms with Gasteiger partial charge in [0.25, 0.3) is 5.91 Å². The molecule has 2 aromatic rings. The Kier molecular flexibility index (Phi) is 6.36. The molecule has 0 saturated carbocycles. The van der Waals surface area contributed by atoms with Gasteiger partial charge in [-0.15, -0.1) is 0 Å². The number of nitrogens with one attached hydrogen (secondary N) is 1. The lowest BCUT2D eigenvalue weighted by Gasteiger charge is -2.10. The summed E-state index contributed by atoms with van der Waals surface area (Å²) < 4.78 is 5.45. The van der Waals surface area contributed by atoms with Crippen molar-refractivity contribution in [3.63, 3.8) is 0 Å². The molecule has 0 heterocycles. The van der Waals surface area contributed by atoms with E-state index in [-0.39, 0.29) is 12.5 Å². The van der Waals surface area contributed by atoms with Crippen molar-refractivity contribution in [1.82, 2.24) is 5.43 Å². The normalized spacial score (nSPS) is 12.1. The van der Waals surface area contributed by atoms with Crippen molar-refractivity contribution < 1.29 is 9.53 Å². The van der Waals surface area contributed by atoms with Gasteiger partial charge in [-0.3, -0.25) is 4.79 Å². The van der Waals surface area contributed by atoms with Crippen molar-refractivity contribution in [3.8, 4) is 5.75 Å². The van der Waals surface area contributed by atoms with E-state index >= 15 is 0 Å². The van der Waals surface area contributed by atoms with E-state index in [4.69, 9.17) is 4.74 Å². The Morgan fingerprint density at radius 3 is 2.52 bits per heavy atom. The number of hydrogen-bond donors (Lipinski definition) is 1. The third kappa shape index (κ3) is 5.58. The summed E-state index contributed by atoms with van der Waals surface area (Å²) in [5.41, 5.74) is 4.65. The second kappa shape index (κ2) is 8.73. The number of nitrogens with zero attached hydrogens (tertiary/aromatic N) is 1. The number of ether oxygens (including phenoxy) is 1. The summed E-state index contributed by atoms with van der Waals surface area (Å²) in [4.78, 5) is 11.7. The topological polar surface area (TPSA) is 50.7 Å². The minimum atomic E-state index is -0.289. The van der Waals surface area contributed by atoms with Crippen LogP contribution in [-0.2, 0) is 4.79 Å². The van der Waals surface area contributed by atoms with Crippen molar-refractivity contribution in [1.29, 1.82) is 0 Å². The number of benzene rings is 2. The van der Waals surface area contributed by atoms with Crippen LogP contribution in [0.3, 0.4) is 0 Å². The predicted molar refractivity (Wildman–Crippen MR) is 92.8 cm³/mol. The Balaban J connectivity index is 1.77. The summed E-state index contributed by atoms with van der Waals surface area (Å²) in [5, 5.41) is 3.90. The zero-order valence-corrected chi connectivity index (χ0v) is 13.5. The maximum atomic E-state index is 11.7. The van der Waals surface area contributed by atoms with Crippen molar-refractivity contribution in [2.24, 2.45) is 5.10 Å². The molecule has 4 heteroatoms. The van der Waals surface area contributed by atoms with Crippen LogP contribution in [0.1, 0.15) is 37.3 Å². The van der Waals surface area contributed by atoms with Crippen LogP contribution in [0.4, 0.5) is 0 Å². The molecule has 0 radical (unpaired) electrons. The fourth-order valence-corrected chi connectivity index (χ4v) is 2.03. The molecule has 0 saturated heterocycles. The summed E-state index contributed by atoms with van der Waals surface area (Å²) in [6.45, 7) is 4.29. The smallest absolute Gasteiger partial charge is 0.277 e. The molecule has 4 nitrogen and oxygen atoms in total. The van der Waals surface area contributed by atoms with E-state index in [1.54, 1.807) is 6.21 Å². The molecule has 1 amide bonds. The molecular weight excluding hydrogens is 288 g/mol. The van der Waals surface area contributed by atoms with E-state index in [2.05, 4.69) is 24.4 Å². The van der Waals surface area contributed by atoms with E-state index in [0.717, 1.165) is 12.0 Å². The third-order valence-electron chi connectivity index (χ3n) is 3.63. The Labute approximate surface area is 137 Å². The first kappa shape index (κ1) is 16.7. The maximum Gasteiger partial charge on any atom is 0.277 e. The molecule has 0 aromatic heterocycles. The van der Waals surface area contributed by atoms with Gasteiger partial charge in [0, 0.05) is 0 Å². The van der Waals surface area contributed by atoms with Gasteiger partial charge >= 0.3 is 0 Å². The summed E-state index contributed by atoms with van der Waals surface area (Å²) >= 11 is 0. The van der Waals surface area contributed by atoms with Gasteiger partial charge in [0.15, 0.2) is 6.61 Å². The first-order valence-electron chi connectivity index (χ1n) is 7.78. The van der Waals surface area contributed by atoms with Crippen molar-refractivity contribution >= 4 is 12.1 Å². The highest BCUT2D eigenvalue weighted by Crippen LogP contribution is 2.21. The zero-order chi connectivity index (χ0) is 16.5. The lowest BCUT2D eigenvalue weighted by atomic mass is 9.99. The average molecular weight is 310 g/mol. The highest BCUT2D eigenvalue weighted by atomic mass is 16.5. The van der Waals surface area contributed by atoms with Gasteiger partial charge in [-0.25, -0.2) is 5.43 Å². The average Bonchev–Trinajstić information content (AvgIpc) is 2.60. The molecule has 0 aliphatic rings. The fourth-order valence-electron chi connectivity index (χ4n) is 2.03. The summed E-state index contributed by atoms with van der Waals surface area (Å²) in [6.07, 6.45) is 2.70. The number of rotatable bonds is 7. The Morgan fingerprint density at radius 1 is 1.17 bits per heavy atom. The molecule has 2 aromatic carbocycles. The molecule has 0 fully saturated rings. The molecule has 0 aliphatic carbocycles. The molecule has 0 spiro atoms. The standard InChI is InChI=1S/C19H22N2O2/c1-3-15(2)17-9-11-18(12-10-17)23-14-19(22)21-20-13-16-7-5-4-6-8-16/h4-13,15H,3,14H2,1-2H3,(H,21,22)/b20-13-/t15-/m1/s1. The minimum Gasteiger partial charge on any atom is -0.484 e. The molecule has 120 valence electrons. The van der Waals surface area contributed by atoms with E-state index < -0.39 is 0 Å². The number of carbonyl (C=O) groups excluding carboxylic acids is 1. The van der Waals surface area contributed by atoms with Crippen LogP contribution in [0.5, 0.6) is 5.75 Å². The van der Waals surface area contributed by atoms with Crippen molar-refractivity contribution in [2.75, 3.05) is 6.61 Å². The van der Waals surface area contributed by atoms with Gasteiger partial charge < -0.3 is 4.74 Å². The van der Waals surface area contributed by atoms with Gasteiger partial charge in [0.1, 0.15) is 5.75 Å². The summed E-state index contributed by atoms with van der Waals surface area (Å²) in [6, 6.07) is 17.4. The largest absolute Gasteiger partial charge is 0.484 e. The number of hydrazone groups is 1. The first-order chi connectivity index (χ1) is 11.2. The van der Waals surface area contributed by atoms with Gasteiger partial charge in [-0.05, 0) is 35.6 Å². The lowest BCUT2D eigenvalue weighted by Crippen LogP contribution is -2.24. The monoisotopic (exact) mass is 310 g/mol. The quantitative estimate of drug-likeness (QED) is 0.626. The lowest BCUT2D eigenvalue weighted by molar-refractivity contribution is -0.123. The number of amides is 1. The van der Waals surface area contributed by atoms with Crippen LogP contribution in [-0.4, -0.2) is 18.7 Å². The molecule has 0 bridgehead atoms. The maximum absolute atomic E-state index is 11.7. The molecule has 1 atom stereocenters. The number of hydrogen-bond acceptors (Lipinski definition) is 3. The van der Waals surface area contributed by atoms with E-state index in [0.29, 0.717) is 11.7 Å². The molecule has 23 heavy (non-hydrogen) atoms. The summed E-state index contributed by atoms with van der Waals surface area (Å²) in [5.74, 6) is 0.919. The minimum absolute atomic E-state index is 0.0607.